The summed E-state index contributed by atoms with van der Waals surface area (Å²) in [6, 6.07) is 17.0. The van der Waals surface area contributed by atoms with Gasteiger partial charge in [0.25, 0.3) is 6.01 Å². The van der Waals surface area contributed by atoms with Crippen molar-refractivity contribution in [2.75, 3.05) is 31.1 Å². The highest BCUT2D eigenvalue weighted by atomic mass is 16.4. The number of carbonyl (C=O) groups is 1. The first-order valence-corrected chi connectivity index (χ1v) is 10.4. The number of oxazole rings is 1. The standard InChI is InChI=1S/C24H23N3O2/c28-22-24(11-13-26(22)15-18-10-9-17-5-1-2-6-19(17)18)12-14-27(16-24)23-25-20-7-3-4-8-21(20)29-23/h1-8,10H,9,11-16H2. The topological polar surface area (TPSA) is 49.6 Å². The zero-order valence-electron chi connectivity index (χ0n) is 16.3. The molecule has 5 nitrogen and oxygen atoms in total. The summed E-state index contributed by atoms with van der Waals surface area (Å²) in [5.41, 5.74) is 5.34. The van der Waals surface area contributed by atoms with Gasteiger partial charge in [-0.1, -0.05) is 42.5 Å². The predicted octanol–water partition coefficient (Wildman–Crippen LogP) is 3.90. The minimum absolute atomic E-state index is 0.292. The Morgan fingerprint density at radius 1 is 1.03 bits per heavy atom. The van der Waals surface area contributed by atoms with Gasteiger partial charge in [-0.15, -0.1) is 0 Å². The molecule has 2 saturated heterocycles. The van der Waals surface area contributed by atoms with Crippen molar-refractivity contribution in [3.05, 3.63) is 65.7 Å². The zero-order valence-corrected chi connectivity index (χ0v) is 16.3. The number of allylic oxidation sites excluding steroid dienone is 1. The van der Waals surface area contributed by atoms with E-state index in [1.807, 2.05) is 24.3 Å². The van der Waals surface area contributed by atoms with Crippen LogP contribution in [0, 0.1) is 5.41 Å². The minimum atomic E-state index is -0.292. The highest BCUT2D eigenvalue weighted by Crippen LogP contribution is 2.43. The predicted molar refractivity (Wildman–Crippen MR) is 113 cm³/mol. The molecule has 146 valence electrons. The van der Waals surface area contributed by atoms with Crippen molar-refractivity contribution < 1.29 is 9.21 Å². The maximum absolute atomic E-state index is 13.4. The van der Waals surface area contributed by atoms with Gasteiger partial charge >= 0.3 is 0 Å². The number of aromatic nitrogens is 1. The molecule has 3 heterocycles. The van der Waals surface area contributed by atoms with E-state index in [0.717, 1.165) is 50.0 Å². The van der Waals surface area contributed by atoms with E-state index in [9.17, 15) is 4.79 Å². The number of amides is 1. The van der Waals surface area contributed by atoms with Crippen LogP contribution in [0.5, 0.6) is 0 Å². The lowest BCUT2D eigenvalue weighted by Gasteiger charge is -2.23. The fourth-order valence-electron chi connectivity index (χ4n) is 5.16. The molecule has 2 aliphatic heterocycles. The summed E-state index contributed by atoms with van der Waals surface area (Å²) in [6.45, 7) is 3.07. The Labute approximate surface area is 169 Å². The molecule has 2 fully saturated rings. The first-order chi connectivity index (χ1) is 14.2. The van der Waals surface area contributed by atoms with E-state index in [-0.39, 0.29) is 5.41 Å². The number of hydrogen-bond donors (Lipinski definition) is 0. The molecular weight excluding hydrogens is 362 g/mol. The SMILES string of the molecule is O=C1N(CC2=CCc3ccccc32)CCC12CCN(c1nc3ccccc3o1)C2. The lowest BCUT2D eigenvalue weighted by atomic mass is 9.85. The average molecular weight is 385 g/mol. The van der Waals surface area contributed by atoms with E-state index < -0.39 is 0 Å². The van der Waals surface area contributed by atoms with E-state index in [2.05, 4.69) is 45.1 Å². The van der Waals surface area contributed by atoms with Crippen molar-refractivity contribution in [3.8, 4) is 0 Å². The summed E-state index contributed by atoms with van der Waals surface area (Å²) >= 11 is 0. The van der Waals surface area contributed by atoms with Crippen LogP contribution in [0.1, 0.15) is 24.0 Å². The first kappa shape index (κ1) is 16.8. The van der Waals surface area contributed by atoms with Crippen molar-refractivity contribution in [2.45, 2.75) is 19.3 Å². The summed E-state index contributed by atoms with van der Waals surface area (Å²) in [5, 5.41) is 0. The van der Waals surface area contributed by atoms with Crippen LogP contribution in [0.15, 0.2) is 59.0 Å². The van der Waals surface area contributed by atoms with Gasteiger partial charge in [0.1, 0.15) is 5.52 Å². The van der Waals surface area contributed by atoms with Crippen molar-refractivity contribution >= 4 is 28.6 Å². The molecule has 1 aliphatic carbocycles. The third-order valence-electron chi connectivity index (χ3n) is 6.80. The molecule has 1 atom stereocenters. The fourth-order valence-corrected chi connectivity index (χ4v) is 5.16. The van der Waals surface area contributed by atoms with E-state index >= 15 is 0 Å². The normalized spacial score (nSPS) is 23.4. The molecule has 5 heteroatoms. The molecule has 1 aromatic heterocycles. The van der Waals surface area contributed by atoms with Crippen molar-refractivity contribution in [3.63, 3.8) is 0 Å². The maximum atomic E-state index is 13.4. The summed E-state index contributed by atoms with van der Waals surface area (Å²) in [5.74, 6) is 0.293. The Kier molecular flexibility index (Phi) is 3.60. The minimum Gasteiger partial charge on any atom is -0.423 e. The second-order valence-electron chi connectivity index (χ2n) is 8.48. The molecule has 1 spiro atoms. The van der Waals surface area contributed by atoms with Gasteiger partial charge in [0.05, 0.1) is 5.41 Å². The summed E-state index contributed by atoms with van der Waals surface area (Å²) in [4.78, 5) is 22.2. The molecule has 29 heavy (non-hydrogen) atoms. The Morgan fingerprint density at radius 2 is 1.86 bits per heavy atom. The quantitative estimate of drug-likeness (QED) is 0.686. The van der Waals surface area contributed by atoms with Gasteiger partial charge in [-0.2, -0.15) is 4.98 Å². The van der Waals surface area contributed by atoms with Gasteiger partial charge in [0.15, 0.2) is 5.58 Å². The number of likely N-dealkylation sites (tertiary alicyclic amines) is 1. The van der Waals surface area contributed by atoms with Crippen LogP contribution in [-0.4, -0.2) is 42.0 Å². The number of anilines is 1. The molecule has 1 unspecified atom stereocenters. The molecule has 0 N–H and O–H groups in total. The largest absolute Gasteiger partial charge is 0.423 e. The molecule has 0 saturated carbocycles. The molecule has 0 bridgehead atoms. The second-order valence-corrected chi connectivity index (χ2v) is 8.48. The Balaban J connectivity index is 1.19. The molecular formula is C24H23N3O2. The monoisotopic (exact) mass is 385 g/mol. The van der Waals surface area contributed by atoms with Crippen LogP contribution in [-0.2, 0) is 11.2 Å². The van der Waals surface area contributed by atoms with Crippen molar-refractivity contribution in [1.29, 1.82) is 0 Å². The fraction of sp³-hybridized carbons (Fsp3) is 0.333. The summed E-state index contributed by atoms with van der Waals surface area (Å²) in [7, 11) is 0. The highest BCUT2D eigenvalue weighted by molar-refractivity contribution is 5.88. The lowest BCUT2D eigenvalue weighted by molar-refractivity contribution is -0.134. The smallest absolute Gasteiger partial charge is 0.298 e. The highest BCUT2D eigenvalue weighted by Gasteiger charge is 2.51. The van der Waals surface area contributed by atoms with E-state index in [4.69, 9.17) is 4.42 Å². The van der Waals surface area contributed by atoms with E-state index in [1.165, 1.54) is 16.7 Å². The number of rotatable bonds is 3. The lowest BCUT2D eigenvalue weighted by Crippen LogP contribution is -2.37. The third-order valence-corrected chi connectivity index (χ3v) is 6.80. The van der Waals surface area contributed by atoms with Crippen LogP contribution < -0.4 is 4.90 Å². The van der Waals surface area contributed by atoms with Crippen LogP contribution in [0.4, 0.5) is 6.01 Å². The summed E-state index contributed by atoms with van der Waals surface area (Å²) < 4.78 is 5.94. The number of carbonyl (C=O) groups excluding carboxylic acids is 1. The number of hydrogen-bond acceptors (Lipinski definition) is 4. The zero-order chi connectivity index (χ0) is 19.4. The number of nitrogens with zero attached hydrogens (tertiary/aromatic N) is 3. The third kappa shape index (κ3) is 2.60. The molecule has 0 radical (unpaired) electrons. The molecule has 6 rings (SSSR count). The molecule has 2 aromatic carbocycles. The van der Waals surface area contributed by atoms with Crippen molar-refractivity contribution in [1.82, 2.24) is 9.88 Å². The summed E-state index contributed by atoms with van der Waals surface area (Å²) in [6.07, 6.45) is 5.04. The molecule has 1 amide bonds. The van der Waals surface area contributed by atoms with Crippen LogP contribution in [0.25, 0.3) is 16.7 Å². The van der Waals surface area contributed by atoms with Crippen LogP contribution in [0.2, 0.25) is 0 Å². The Bertz CT molecular complexity index is 1110. The van der Waals surface area contributed by atoms with Gasteiger partial charge in [0, 0.05) is 26.2 Å². The van der Waals surface area contributed by atoms with Crippen LogP contribution >= 0.6 is 0 Å². The molecule has 3 aliphatic rings. The Morgan fingerprint density at radius 3 is 2.79 bits per heavy atom. The molecule has 3 aromatic rings. The number of para-hydroxylation sites is 2. The average Bonchev–Trinajstić information content (AvgIpc) is 3.51. The van der Waals surface area contributed by atoms with Gasteiger partial charge in [-0.25, -0.2) is 0 Å². The number of fused-ring (bicyclic) bond motifs is 2. The van der Waals surface area contributed by atoms with Gasteiger partial charge in [-0.05, 0) is 48.1 Å². The Hall–Kier alpha value is -3.08. The van der Waals surface area contributed by atoms with Gasteiger partial charge < -0.3 is 14.2 Å². The van der Waals surface area contributed by atoms with Gasteiger partial charge in [-0.3, -0.25) is 4.79 Å². The first-order valence-electron chi connectivity index (χ1n) is 10.4. The van der Waals surface area contributed by atoms with E-state index in [1.54, 1.807) is 0 Å². The number of benzene rings is 2. The second kappa shape index (κ2) is 6.21. The van der Waals surface area contributed by atoms with Crippen molar-refractivity contribution in [2.24, 2.45) is 5.41 Å². The van der Waals surface area contributed by atoms with Gasteiger partial charge in [0.2, 0.25) is 5.91 Å². The van der Waals surface area contributed by atoms with Crippen LogP contribution in [0.3, 0.4) is 0 Å². The maximum Gasteiger partial charge on any atom is 0.298 e. The van der Waals surface area contributed by atoms with E-state index in [0.29, 0.717) is 18.5 Å².